The van der Waals surface area contributed by atoms with E-state index in [2.05, 4.69) is 5.32 Å². The highest BCUT2D eigenvalue weighted by Crippen LogP contribution is 2.27. The summed E-state index contributed by atoms with van der Waals surface area (Å²) in [7, 11) is 3.15. The van der Waals surface area contributed by atoms with E-state index in [9.17, 15) is 9.59 Å². The third-order valence-electron chi connectivity index (χ3n) is 2.92. The second-order valence-corrected chi connectivity index (χ2v) is 4.36. The highest BCUT2D eigenvalue weighted by atomic mass is 16.5. The molecule has 7 heteroatoms. The fraction of sp³-hybridized carbons (Fsp3) is 0.429. The van der Waals surface area contributed by atoms with Crippen LogP contribution in [0.3, 0.4) is 0 Å². The van der Waals surface area contributed by atoms with E-state index in [1.807, 2.05) is 23.6 Å². The minimum atomic E-state index is -0.356. The molecule has 4 N–H and O–H groups in total. The van der Waals surface area contributed by atoms with Crippen LogP contribution in [0.5, 0.6) is 11.5 Å². The Hall–Kier alpha value is -2.28. The molecule has 0 aromatic heterocycles. The van der Waals surface area contributed by atoms with Gasteiger partial charge in [-0.05, 0) is 24.1 Å². The third-order valence-corrected chi connectivity index (χ3v) is 2.92. The average molecular weight is 295 g/mol. The van der Waals surface area contributed by atoms with Crippen molar-refractivity contribution in [3.05, 3.63) is 23.8 Å². The Bertz CT molecular complexity index is 491. The Kier molecular flexibility index (Phi) is 7.03. The van der Waals surface area contributed by atoms with Crippen LogP contribution < -0.4 is 26.1 Å². The van der Waals surface area contributed by atoms with E-state index in [1.165, 1.54) is 0 Å². The molecule has 0 bridgehead atoms. The van der Waals surface area contributed by atoms with Crippen LogP contribution in [-0.2, 0) is 16.0 Å². The van der Waals surface area contributed by atoms with E-state index in [0.717, 1.165) is 5.56 Å². The number of carbonyl (C=O) groups is 2. The first-order chi connectivity index (χ1) is 10.1. The molecule has 0 aliphatic carbocycles. The van der Waals surface area contributed by atoms with Crippen molar-refractivity contribution in [2.24, 2.45) is 5.84 Å². The molecule has 0 heterocycles. The number of nitrogens with one attached hydrogen (secondary N) is 2. The number of amides is 2. The minimum Gasteiger partial charge on any atom is -0.493 e. The summed E-state index contributed by atoms with van der Waals surface area (Å²) in [5.74, 6) is 5.71. The maximum absolute atomic E-state index is 11.5. The molecule has 7 nitrogen and oxygen atoms in total. The standard InChI is InChI=1S/C14H21N3O4/c1-20-11-4-3-10(9-12(11)21-2)7-8-16-13(18)5-6-14(19)17-15/h3-4,9H,5-8,15H2,1-2H3,(H,16,18)(H,17,19). The van der Waals surface area contributed by atoms with Crippen LogP contribution in [0.4, 0.5) is 0 Å². The molecule has 0 atom stereocenters. The lowest BCUT2D eigenvalue weighted by atomic mass is 10.1. The number of methoxy groups -OCH3 is 2. The van der Waals surface area contributed by atoms with E-state index in [-0.39, 0.29) is 24.7 Å². The molecule has 0 saturated heterocycles. The molecule has 0 fully saturated rings. The van der Waals surface area contributed by atoms with E-state index in [4.69, 9.17) is 15.3 Å². The van der Waals surface area contributed by atoms with E-state index in [0.29, 0.717) is 24.5 Å². The molecule has 0 unspecified atom stereocenters. The zero-order chi connectivity index (χ0) is 15.7. The van der Waals surface area contributed by atoms with Gasteiger partial charge >= 0.3 is 0 Å². The summed E-state index contributed by atoms with van der Waals surface area (Å²) in [5, 5.41) is 2.74. The van der Waals surface area contributed by atoms with Crippen LogP contribution in [0.1, 0.15) is 18.4 Å². The van der Waals surface area contributed by atoms with Crippen LogP contribution in [0, 0.1) is 0 Å². The van der Waals surface area contributed by atoms with Crippen molar-refractivity contribution in [2.45, 2.75) is 19.3 Å². The predicted octanol–water partition coefficient (Wildman–Crippen LogP) is 0.133. The van der Waals surface area contributed by atoms with Crippen molar-refractivity contribution in [3.63, 3.8) is 0 Å². The Morgan fingerprint density at radius 2 is 1.76 bits per heavy atom. The van der Waals surface area contributed by atoms with Crippen molar-refractivity contribution in [1.82, 2.24) is 10.7 Å². The molecular formula is C14H21N3O4. The Morgan fingerprint density at radius 3 is 2.38 bits per heavy atom. The summed E-state index contributed by atoms with van der Waals surface area (Å²) in [6.45, 7) is 0.485. The van der Waals surface area contributed by atoms with Crippen molar-refractivity contribution in [2.75, 3.05) is 20.8 Å². The zero-order valence-electron chi connectivity index (χ0n) is 12.3. The van der Waals surface area contributed by atoms with Gasteiger partial charge in [0, 0.05) is 19.4 Å². The lowest BCUT2D eigenvalue weighted by Crippen LogP contribution is -2.32. The van der Waals surface area contributed by atoms with Crippen molar-refractivity contribution in [3.8, 4) is 11.5 Å². The molecule has 0 spiro atoms. The molecule has 2 amide bonds. The highest BCUT2D eigenvalue weighted by molar-refractivity contribution is 5.83. The number of nitrogens with two attached hydrogens (primary N) is 1. The lowest BCUT2D eigenvalue weighted by Gasteiger charge is -2.10. The molecule has 1 aromatic carbocycles. The molecular weight excluding hydrogens is 274 g/mol. The first-order valence-corrected chi connectivity index (χ1v) is 6.57. The van der Waals surface area contributed by atoms with Gasteiger partial charge in [0.1, 0.15) is 0 Å². The van der Waals surface area contributed by atoms with Crippen LogP contribution in [0.2, 0.25) is 0 Å². The van der Waals surface area contributed by atoms with Gasteiger partial charge in [-0.15, -0.1) is 0 Å². The van der Waals surface area contributed by atoms with Gasteiger partial charge in [-0.25, -0.2) is 5.84 Å². The van der Waals surface area contributed by atoms with E-state index >= 15 is 0 Å². The molecule has 21 heavy (non-hydrogen) atoms. The first-order valence-electron chi connectivity index (χ1n) is 6.57. The summed E-state index contributed by atoms with van der Waals surface area (Å²) < 4.78 is 10.4. The molecule has 116 valence electrons. The number of rotatable bonds is 8. The highest BCUT2D eigenvalue weighted by Gasteiger charge is 2.07. The molecule has 0 radical (unpaired) electrons. The molecule has 0 aliphatic rings. The quantitative estimate of drug-likeness (QED) is 0.359. The van der Waals surface area contributed by atoms with Crippen LogP contribution >= 0.6 is 0 Å². The van der Waals surface area contributed by atoms with Crippen LogP contribution in [0.15, 0.2) is 18.2 Å². The van der Waals surface area contributed by atoms with Crippen LogP contribution in [0.25, 0.3) is 0 Å². The van der Waals surface area contributed by atoms with Gasteiger partial charge in [0.2, 0.25) is 11.8 Å². The molecule has 1 aromatic rings. The fourth-order valence-corrected chi connectivity index (χ4v) is 1.77. The topological polar surface area (TPSA) is 103 Å². The van der Waals surface area contributed by atoms with Crippen molar-refractivity contribution < 1.29 is 19.1 Å². The van der Waals surface area contributed by atoms with Gasteiger partial charge < -0.3 is 14.8 Å². The number of benzene rings is 1. The van der Waals surface area contributed by atoms with Gasteiger partial charge in [0.05, 0.1) is 14.2 Å². The first kappa shape index (κ1) is 16.8. The predicted molar refractivity (Wildman–Crippen MR) is 77.8 cm³/mol. The van der Waals surface area contributed by atoms with Gasteiger partial charge in [-0.1, -0.05) is 6.07 Å². The monoisotopic (exact) mass is 295 g/mol. The normalized spacial score (nSPS) is 9.86. The average Bonchev–Trinajstić information content (AvgIpc) is 2.52. The lowest BCUT2D eigenvalue weighted by molar-refractivity contribution is -0.126. The van der Waals surface area contributed by atoms with E-state index in [1.54, 1.807) is 14.2 Å². The summed E-state index contributed by atoms with van der Waals surface area (Å²) in [4.78, 5) is 22.4. The maximum atomic E-state index is 11.5. The fourth-order valence-electron chi connectivity index (χ4n) is 1.77. The SMILES string of the molecule is COc1ccc(CCNC(=O)CCC(=O)NN)cc1OC. The zero-order valence-corrected chi connectivity index (χ0v) is 12.3. The third kappa shape index (κ3) is 5.70. The second kappa shape index (κ2) is 8.80. The smallest absolute Gasteiger partial charge is 0.234 e. The van der Waals surface area contributed by atoms with Crippen molar-refractivity contribution >= 4 is 11.8 Å². The molecule has 0 saturated carbocycles. The van der Waals surface area contributed by atoms with Gasteiger partial charge in [0.25, 0.3) is 0 Å². The summed E-state index contributed by atoms with van der Waals surface area (Å²) in [6.07, 6.45) is 0.864. The van der Waals surface area contributed by atoms with Gasteiger partial charge in [0.15, 0.2) is 11.5 Å². The summed E-state index contributed by atoms with van der Waals surface area (Å²) in [5.41, 5.74) is 3.00. The maximum Gasteiger partial charge on any atom is 0.234 e. The summed E-state index contributed by atoms with van der Waals surface area (Å²) in [6, 6.07) is 5.60. The number of hydrazine groups is 1. The number of hydrogen-bond acceptors (Lipinski definition) is 5. The van der Waals surface area contributed by atoms with Gasteiger partial charge in [-0.2, -0.15) is 0 Å². The molecule has 1 rings (SSSR count). The summed E-state index contributed by atoms with van der Waals surface area (Å²) >= 11 is 0. The molecule has 0 aliphatic heterocycles. The largest absolute Gasteiger partial charge is 0.493 e. The number of carbonyl (C=O) groups excluding carboxylic acids is 2. The minimum absolute atomic E-state index is 0.0820. The second-order valence-electron chi connectivity index (χ2n) is 4.36. The number of ether oxygens (including phenoxy) is 2. The van der Waals surface area contributed by atoms with E-state index < -0.39 is 0 Å². The van der Waals surface area contributed by atoms with Crippen LogP contribution in [-0.4, -0.2) is 32.6 Å². The Morgan fingerprint density at radius 1 is 1.10 bits per heavy atom. The number of hydrogen-bond donors (Lipinski definition) is 3. The Labute approximate surface area is 123 Å². The Balaban J connectivity index is 2.38. The van der Waals surface area contributed by atoms with Crippen molar-refractivity contribution in [1.29, 1.82) is 0 Å². The van der Waals surface area contributed by atoms with Gasteiger partial charge in [-0.3, -0.25) is 15.0 Å².